The summed E-state index contributed by atoms with van der Waals surface area (Å²) in [7, 11) is 1.44. The smallest absolute Gasteiger partial charge is 0.252 e. The van der Waals surface area contributed by atoms with Crippen LogP contribution in [0.3, 0.4) is 0 Å². The summed E-state index contributed by atoms with van der Waals surface area (Å²) in [4.78, 5) is 11.4. The van der Waals surface area contributed by atoms with Crippen molar-refractivity contribution in [3.63, 3.8) is 0 Å². The summed E-state index contributed by atoms with van der Waals surface area (Å²) in [6, 6.07) is 5.14. The summed E-state index contributed by atoms with van der Waals surface area (Å²) in [5.74, 6) is -1.89. The first-order chi connectivity index (χ1) is 12.0. The van der Waals surface area contributed by atoms with Gasteiger partial charge < -0.3 is 16.2 Å². The zero-order chi connectivity index (χ0) is 18.1. The second-order valence-electron chi connectivity index (χ2n) is 5.75. The van der Waals surface area contributed by atoms with Crippen molar-refractivity contribution in [2.24, 2.45) is 11.5 Å². The predicted molar refractivity (Wildman–Crippen MR) is 86.4 cm³/mol. The summed E-state index contributed by atoms with van der Waals surface area (Å²) in [5, 5.41) is 7.84. The van der Waals surface area contributed by atoms with Gasteiger partial charge in [0.25, 0.3) is 5.91 Å². The van der Waals surface area contributed by atoms with E-state index in [-0.39, 0.29) is 29.0 Å². The van der Waals surface area contributed by atoms with E-state index in [9.17, 15) is 13.6 Å². The number of nitrogens with zero attached hydrogens (tertiary/aromatic N) is 2. The van der Waals surface area contributed by atoms with E-state index in [1.807, 2.05) is 0 Å². The van der Waals surface area contributed by atoms with Gasteiger partial charge in [-0.05, 0) is 36.0 Å². The molecule has 4 N–H and O–H groups in total. The summed E-state index contributed by atoms with van der Waals surface area (Å²) in [6.07, 6.45) is 1.70. The largest absolute Gasteiger partial charge is 0.480 e. The Hall–Kier alpha value is -3.03. The number of hydrogen-bond acceptors (Lipinski definition) is 5. The van der Waals surface area contributed by atoms with E-state index in [1.54, 1.807) is 6.07 Å². The molecule has 2 aromatic rings. The van der Waals surface area contributed by atoms with Crippen molar-refractivity contribution >= 4 is 11.5 Å². The molecule has 1 heterocycles. The molecule has 6 nitrogen and oxygen atoms in total. The SMILES string of the molecule is COc1nnc(/C(=C/N)C(N)=O)cc1C1C[C@@H]1c1ccc(F)cc1F. The van der Waals surface area contributed by atoms with E-state index < -0.39 is 17.5 Å². The maximum absolute atomic E-state index is 14.0. The van der Waals surface area contributed by atoms with E-state index in [4.69, 9.17) is 16.2 Å². The van der Waals surface area contributed by atoms with Crippen LogP contribution in [0.15, 0.2) is 30.5 Å². The second-order valence-corrected chi connectivity index (χ2v) is 5.75. The first kappa shape index (κ1) is 16.8. The molecule has 130 valence electrons. The van der Waals surface area contributed by atoms with Gasteiger partial charge in [0.15, 0.2) is 0 Å². The first-order valence-electron chi connectivity index (χ1n) is 7.54. The minimum Gasteiger partial charge on any atom is -0.480 e. The van der Waals surface area contributed by atoms with Crippen molar-refractivity contribution < 1.29 is 18.3 Å². The lowest BCUT2D eigenvalue weighted by atomic mass is 10.0. The van der Waals surface area contributed by atoms with Crippen LogP contribution in [0.1, 0.15) is 35.1 Å². The minimum absolute atomic E-state index is 0.0292. The minimum atomic E-state index is -0.732. The third-order valence-corrected chi connectivity index (χ3v) is 4.24. The third kappa shape index (κ3) is 3.15. The second kappa shape index (κ2) is 6.46. The number of carbonyl (C=O) groups is 1. The zero-order valence-electron chi connectivity index (χ0n) is 13.4. The molecular formula is C17H16F2N4O2. The number of primary amides is 1. The van der Waals surface area contributed by atoms with Crippen LogP contribution >= 0.6 is 0 Å². The Morgan fingerprint density at radius 1 is 1.24 bits per heavy atom. The standard InChI is InChI=1S/C17H16F2N4O2/c1-25-17-12(6-15(22-23-17)13(7-20)16(21)24)11-5-10(11)9-3-2-8(18)4-14(9)19/h2-4,6-7,10-11H,5,20H2,1H3,(H2,21,24)/b13-7-/t10-,11?/m1/s1. The summed E-state index contributed by atoms with van der Waals surface area (Å²) in [5.41, 5.74) is 12.0. The van der Waals surface area contributed by atoms with Crippen molar-refractivity contribution in [1.82, 2.24) is 10.2 Å². The normalized spacial score (nSPS) is 19.6. The third-order valence-electron chi connectivity index (χ3n) is 4.24. The molecule has 0 bridgehead atoms. The lowest BCUT2D eigenvalue weighted by Crippen LogP contribution is -2.16. The van der Waals surface area contributed by atoms with Gasteiger partial charge in [0.2, 0.25) is 5.88 Å². The Bertz CT molecular complexity index is 870. The van der Waals surface area contributed by atoms with Gasteiger partial charge >= 0.3 is 0 Å². The van der Waals surface area contributed by atoms with Gasteiger partial charge in [-0.15, -0.1) is 10.2 Å². The monoisotopic (exact) mass is 346 g/mol. The highest BCUT2D eigenvalue weighted by molar-refractivity contribution is 6.17. The predicted octanol–water partition coefficient (Wildman–Crippen LogP) is 1.82. The number of aromatic nitrogens is 2. The molecule has 8 heteroatoms. The molecule has 1 unspecified atom stereocenters. The fourth-order valence-electron chi connectivity index (χ4n) is 2.93. The van der Waals surface area contributed by atoms with Crippen LogP contribution in [0.5, 0.6) is 5.88 Å². The van der Waals surface area contributed by atoms with Gasteiger partial charge in [-0.3, -0.25) is 4.79 Å². The summed E-state index contributed by atoms with van der Waals surface area (Å²) < 4.78 is 32.3. The quantitative estimate of drug-likeness (QED) is 0.804. The lowest BCUT2D eigenvalue weighted by Gasteiger charge is -2.09. The van der Waals surface area contributed by atoms with E-state index >= 15 is 0 Å². The molecule has 1 saturated carbocycles. The molecule has 1 fully saturated rings. The van der Waals surface area contributed by atoms with E-state index in [1.165, 1.54) is 19.2 Å². The van der Waals surface area contributed by atoms with Crippen molar-refractivity contribution in [3.05, 3.63) is 58.9 Å². The van der Waals surface area contributed by atoms with Crippen molar-refractivity contribution in [2.75, 3.05) is 7.11 Å². The number of hydrogen-bond donors (Lipinski definition) is 2. The van der Waals surface area contributed by atoms with Crippen molar-refractivity contribution in [1.29, 1.82) is 0 Å². The van der Waals surface area contributed by atoms with Crippen LogP contribution in [-0.4, -0.2) is 23.2 Å². The molecule has 2 atom stereocenters. The molecular weight excluding hydrogens is 330 g/mol. The Morgan fingerprint density at radius 2 is 1.96 bits per heavy atom. The van der Waals surface area contributed by atoms with Gasteiger partial charge in [0, 0.05) is 17.8 Å². The summed E-state index contributed by atoms with van der Waals surface area (Å²) in [6.45, 7) is 0. The Kier molecular flexibility index (Phi) is 4.35. The van der Waals surface area contributed by atoms with Gasteiger partial charge in [-0.1, -0.05) is 6.07 Å². The highest BCUT2D eigenvalue weighted by atomic mass is 19.1. The van der Waals surface area contributed by atoms with Crippen molar-refractivity contribution in [2.45, 2.75) is 18.3 Å². The maximum atomic E-state index is 14.0. The van der Waals surface area contributed by atoms with Crippen LogP contribution in [-0.2, 0) is 4.79 Å². The molecule has 3 rings (SSSR count). The number of halogens is 2. The number of ether oxygens (including phenoxy) is 1. The molecule has 25 heavy (non-hydrogen) atoms. The fourth-order valence-corrected chi connectivity index (χ4v) is 2.93. The molecule has 0 spiro atoms. The molecule has 1 aromatic heterocycles. The van der Waals surface area contributed by atoms with Crippen LogP contribution < -0.4 is 16.2 Å². The molecule has 1 aliphatic carbocycles. The number of nitrogens with two attached hydrogens (primary N) is 2. The molecule has 1 aromatic carbocycles. The first-order valence-corrected chi connectivity index (χ1v) is 7.54. The number of amides is 1. The van der Waals surface area contributed by atoms with E-state index in [0.717, 1.165) is 12.3 Å². The number of rotatable bonds is 5. The average molecular weight is 346 g/mol. The van der Waals surface area contributed by atoms with Gasteiger partial charge in [0.05, 0.1) is 12.7 Å². The fraction of sp³-hybridized carbons (Fsp3) is 0.235. The van der Waals surface area contributed by atoms with Gasteiger partial charge in [-0.25, -0.2) is 8.78 Å². The van der Waals surface area contributed by atoms with Crippen LogP contribution in [0.25, 0.3) is 5.57 Å². The molecule has 1 amide bonds. The molecule has 0 saturated heterocycles. The number of carbonyl (C=O) groups excluding carboxylic acids is 1. The number of methoxy groups -OCH3 is 1. The number of benzene rings is 1. The highest BCUT2D eigenvalue weighted by Gasteiger charge is 2.43. The van der Waals surface area contributed by atoms with E-state index in [0.29, 0.717) is 17.5 Å². The average Bonchev–Trinajstić information content (AvgIpc) is 3.35. The lowest BCUT2D eigenvalue weighted by molar-refractivity contribution is -0.112. The van der Waals surface area contributed by atoms with Gasteiger partial charge in [-0.2, -0.15) is 0 Å². The van der Waals surface area contributed by atoms with Crippen LogP contribution in [0.2, 0.25) is 0 Å². The van der Waals surface area contributed by atoms with Crippen LogP contribution in [0.4, 0.5) is 8.78 Å². The molecule has 0 aliphatic heterocycles. The Morgan fingerprint density at radius 3 is 2.56 bits per heavy atom. The van der Waals surface area contributed by atoms with Crippen molar-refractivity contribution in [3.8, 4) is 5.88 Å². The highest BCUT2D eigenvalue weighted by Crippen LogP contribution is 2.57. The Labute approximate surface area is 142 Å². The van der Waals surface area contributed by atoms with Crippen LogP contribution in [0, 0.1) is 11.6 Å². The molecule has 0 radical (unpaired) electrons. The van der Waals surface area contributed by atoms with Gasteiger partial charge in [0.1, 0.15) is 17.3 Å². The maximum Gasteiger partial charge on any atom is 0.252 e. The summed E-state index contributed by atoms with van der Waals surface area (Å²) >= 11 is 0. The zero-order valence-corrected chi connectivity index (χ0v) is 13.4. The van der Waals surface area contributed by atoms with E-state index in [2.05, 4.69) is 10.2 Å². The molecule has 1 aliphatic rings. The Balaban J connectivity index is 1.96. The topological polar surface area (TPSA) is 104 Å².